The molecule has 2 rings (SSSR count). The molecule has 0 spiro atoms. The lowest BCUT2D eigenvalue weighted by atomic mass is 10.2. The molecule has 1 heterocycles. The second kappa shape index (κ2) is 5.89. The van der Waals surface area contributed by atoms with Crippen LogP contribution in [0.15, 0.2) is 36.9 Å². The van der Waals surface area contributed by atoms with Gasteiger partial charge in [-0.05, 0) is 19.1 Å². The van der Waals surface area contributed by atoms with E-state index in [4.69, 9.17) is 16.3 Å². The van der Waals surface area contributed by atoms with E-state index in [0.29, 0.717) is 11.6 Å². The van der Waals surface area contributed by atoms with Gasteiger partial charge in [0, 0.05) is 25.5 Å². The van der Waals surface area contributed by atoms with Crippen molar-refractivity contribution in [1.82, 2.24) is 9.55 Å². The molecule has 0 radical (unpaired) electrons. The molecule has 0 saturated carbocycles. The predicted molar refractivity (Wildman–Crippen MR) is 73.5 cm³/mol. The SMILES string of the molecule is COCC(C)Nc1cccc(Cl)c1-n1ccnc1. The predicted octanol–water partition coefficient (Wildman–Crippen LogP) is 2.97. The Bertz CT molecular complexity index is 499. The van der Waals surface area contributed by atoms with Gasteiger partial charge in [0.25, 0.3) is 0 Å². The average molecular weight is 266 g/mol. The molecule has 1 unspecified atom stereocenters. The first-order chi connectivity index (χ1) is 8.72. The van der Waals surface area contributed by atoms with E-state index in [1.807, 2.05) is 29.0 Å². The average Bonchev–Trinajstić information content (AvgIpc) is 2.82. The van der Waals surface area contributed by atoms with Crippen LogP contribution in [0.3, 0.4) is 0 Å². The number of rotatable bonds is 5. The maximum absolute atomic E-state index is 6.26. The number of para-hydroxylation sites is 1. The zero-order valence-corrected chi connectivity index (χ0v) is 11.2. The molecule has 2 aromatic rings. The molecule has 5 heteroatoms. The van der Waals surface area contributed by atoms with Gasteiger partial charge in [-0.25, -0.2) is 4.98 Å². The first kappa shape index (κ1) is 12.9. The largest absolute Gasteiger partial charge is 0.383 e. The summed E-state index contributed by atoms with van der Waals surface area (Å²) >= 11 is 6.26. The Balaban J connectivity index is 2.33. The van der Waals surface area contributed by atoms with Crippen molar-refractivity contribution in [1.29, 1.82) is 0 Å². The molecule has 0 aliphatic rings. The molecule has 0 fully saturated rings. The van der Waals surface area contributed by atoms with Gasteiger partial charge in [-0.2, -0.15) is 0 Å². The molecular weight excluding hydrogens is 250 g/mol. The van der Waals surface area contributed by atoms with Crippen LogP contribution >= 0.6 is 11.6 Å². The summed E-state index contributed by atoms with van der Waals surface area (Å²) in [7, 11) is 1.69. The van der Waals surface area contributed by atoms with Crippen molar-refractivity contribution in [3.63, 3.8) is 0 Å². The van der Waals surface area contributed by atoms with Crippen LogP contribution in [0.2, 0.25) is 5.02 Å². The lowest BCUT2D eigenvalue weighted by Crippen LogP contribution is -2.21. The number of ether oxygens (including phenoxy) is 1. The molecule has 18 heavy (non-hydrogen) atoms. The monoisotopic (exact) mass is 265 g/mol. The summed E-state index contributed by atoms with van der Waals surface area (Å²) < 4.78 is 7.02. The highest BCUT2D eigenvalue weighted by Crippen LogP contribution is 2.28. The number of imidazole rings is 1. The number of benzene rings is 1. The highest BCUT2D eigenvalue weighted by molar-refractivity contribution is 6.33. The zero-order valence-electron chi connectivity index (χ0n) is 10.4. The van der Waals surface area contributed by atoms with E-state index >= 15 is 0 Å². The lowest BCUT2D eigenvalue weighted by molar-refractivity contribution is 0.190. The number of nitrogens with one attached hydrogen (secondary N) is 1. The van der Waals surface area contributed by atoms with Crippen molar-refractivity contribution in [2.24, 2.45) is 0 Å². The van der Waals surface area contributed by atoms with Gasteiger partial charge >= 0.3 is 0 Å². The van der Waals surface area contributed by atoms with Crippen LogP contribution in [0.25, 0.3) is 5.69 Å². The van der Waals surface area contributed by atoms with Gasteiger partial charge in [0.05, 0.1) is 29.3 Å². The van der Waals surface area contributed by atoms with E-state index in [2.05, 4.69) is 17.2 Å². The van der Waals surface area contributed by atoms with Crippen LogP contribution in [0.5, 0.6) is 0 Å². The fraction of sp³-hybridized carbons (Fsp3) is 0.308. The van der Waals surface area contributed by atoms with Crippen molar-refractivity contribution < 1.29 is 4.74 Å². The van der Waals surface area contributed by atoms with Gasteiger partial charge < -0.3 is 14.6 Å². The van der Waals surface area contributed by atoms with Crippen LogP contribution in [0.1, 0.15) is 6.92 Å². The highest BCUT2D eigenvalue weighted by atomic mass is 35.5. The van der Waals surface area contributed by atoms with Crippen LogP contribution in [-0.4, -0.2) is 29.3 Å². The summed E-state index contributed by atoms with van der Waals surface area (Å²) in [6.45, 7) is 2.69. The normalized spacial score (nSPS) is 12.4. The molecule has 1 atom stereocenters. The number of aromatic nitrogens is 2. The smallest absolute Gasteiger partial charge is 0.0992 e. The number of methoxy groups -OCH3 is 1. The first-order valence-corrected chi connectivity index (χ1v) is 6.12. The number of halogens is 1. The number of hydrogen-bond donors (Lipinski definition) is 1. The third kappa shape index (κ3) is 2.83. The summed E-state index contributed by atoms with van der Waals surface area (Å²) in [5, 5.41) is 4.07. The van der Waals surface area contributed by atoms with Gasteiger partial charge in [-0.3, -0.25) is 0 Å². The maximum atomic E-state index is 6.26. The van der Waals surface area contributed by atoms with Crippen molar-refractivity contribution in [3.05, 3.63) is 41.9 Å². The molecule has 1 aromatic carbocycles. The van der Waals surface area contributed by atoms with Gasteiger partial charge in [0.1, 0.15) is 0 Å². The summed E-state index contributed by atoms with van der Waals surface area (Å²) in [5.41, 5.74) is 1.87. The van der Waals surface area contributed by atoms with E-state index in [0.717, 1.165) is 11.4 Å². The molecule has 0 amide bonds. The van der Waals surface area contributed by atoms with Crippen LogP contribution in [0, 0.1) is 0 Å². The van der Waals surface area contributed by atoms with E-state index in [1.54, 1.807) is 19.6 Å². The van der Waals surface area contributed by atoms with Gasteiger partial charge in [0.2, 0.25) is 0 Å². The van der Waals surface area contributed by atoms with E-state index in [9.17, 15) is 0 Å². The van der Waals surface area contributed by atoms with Crippen molar-refractivity contribution in [3.8, 4) is 5.69 Å². The summed E-state index contributed by atoms with van der Waals surface area (Å²) in [6.07, 6.45) is 5.33. The third-order valence-corrected chi connectivity index (χ3v) is 2.87. The van der Waals surface area contributed by atoms with E-state index in [1.165, 1.54) is 0 Å². The summed E-state index contributed by atoms with van der Waals surface area (Å²) in [5.74, 6) is 0. The first-order valence-electron chi connectivity index (χ1n) is 5.74. The second-order valence-corrected chi connectivity index (χ2v) is 4.51. The minimum Gasteiger partial charge on any atom is -0.383 e. The standard InChI is InChI=1S/C13H16ClN3O/c1-10(8-18-2)16-12-5-3-4-11(14)13(12)17-7-6-15-9-17/h3-7,9-10,16H,8H2,1-2H3. The summed E-state index contributed by atoms with van der Waals surface area (Å²) in [6, 6.07) is 5.98. The molecule has 0 saturated heterocycles. The summed E-state index contributed by atoms with van der Waals surface area (Å²) in [4.78, 5) is 4.05. The Morgan fingerprint density at radius 2 is 2.33 bits per heavy atom. The van der Waals surface area contributed by atoms with E-state index in [-0.39, 0.29) is 6.04 Å². The Labute approximate surface area is 112 Å². The number of anilines is 1. The van der Waals surface area contributed by atoms with Crippen LogP contribution in [-0.2, 0) is 4.74 Å². The Hall–Kier alpha value is -1.52. The Morgan fingerprint density at radius 1 is 1.50 bits per heavy atom. The number of nitrogens with zero attached hydrogens (tertiary/aromatic N) is 2. The molecule has 1 aromatic heterocycles. The van der Waals surface area contributed by atoms with E-state index < -0.39 is 0 Å². The number of hydrogen-bond acceptors (Lipinski definition) is 3. The minimum absolute atomic E-state index is 0.204. The quantitative estimate of drug-likeness (QED) is 0.903. The second-order valence-electron chi connectivity index (χ2n) is 4.11. The lowest BCUT2D eigenvalue weighted by Gasteiger charge is -2.18. The van der Waals surface area contributed by atoms with Gasteiger partial charge in [0.15, 0.2) is 0 Å². The Kier molecular flexibility index (Phi) is 4.23. The molecule has 0 bridgehead atoms. The fourth-order valence-electron chi connectivity index (χ4n) is 1.84. The Morgan fingerprint density at radius 3 is 3.00 bits per heavy atom. The van der Waals surface area contributed by atoms with Crippen LogP contribution < -0.4 is 5.32 Å². The fourth-order valence-corrected chi connectivity index (χ4v) is 2.11. The molecule has 1 N–H and O–H groups in total. The molecule has 96 valence electrons. The van der Waals surface area contributed by atoms with Gasteiger partial charge in [-0.1, -0.05) is 17.7 Å². The van der Waals surface area contributed by atoms with Gasteiger partial charge in [-0.15, -0.1) is 0 Å². The molecule has 0 aliphatic heterocycles. The van der Waals surface area contributed by atoms with Crippen LogP contribution in [0.4, 0.5) is 5.69 Å². The zero-order chi connectivity index (χ0) is 13.0. The third-order valence-electron chi connectivity index (χ3n) is 2.57. The molecule has 0 aliphatic carbocycles. The van der Waals surface area contributed by atoms with Crippen molar-refractivity contribution >= 4 is 17.3 Å². The van der Waals surface area contributed by atoms with Crippen molar-refractivity contribution in [2.75, 3.05) is 19.0 Å². The van der Waals surface area contributed by atoms with Crippen molar-refractivity contribution in [2.45, 2.75) is 13.0 Å². The molecule has 4 nitrogen and oxygen atoms in total. The minimum atomic E-state index is 0.204. The molecular formula is C13H16ClN3O. The topological polar surface area (TPSA) is 39.1 Å². The maximum Gasteiger partial charge on any atom is 0.0992 e. The highest BCUT2D eigenvalue weighted by Gasteiger charge is 2.10.